The Morgan fingerprint density at radius 2 is 2.04 bits per heavy atom. The third kappa shape index (κ3) is 3.41. The molecule has 7 heteroatoms. The minimum Gasteiger partial charge on any atom is -0.383 e. The van der Waals surface area contributed by atoms with E-state index in [4.69, 9.17) is 5.73 Å². The van der Waals surface area contributed by atoms with Gasteiger partial charge in [-0.05, 0) is 49.9 Å². The zero-order valence-corrected chi connectivity index (χ0v) is 14.2. The molecule has 0 unspecified atom stereocenters. The van der Waals surface area contributed by atoms with E-state index in [1.54, 1.807) is 24.7 Å². The number of nitrogens with two attached hydrogens (primary N) is 1. The molecule has 4 N–H and O–H groups in total. The molecule has 25 heavy (non-hydrogen) atoms. The molecule has 0 aromatic carbocycles. The van der Waals surface area contributed by atoms with Crippen molar-refractivity contribution in [2.75, 3.05) is 11.1 Å². The number of nitrogens with zero attached hydrogens (tertiary/aromatic N) is 3. The molecular formula is C18H19N5O2. The van der Waals surface area contributed by atoms with Crippen LogP contribution in [0.4, 0.5) is 11.6 Å². The number of anilines is 2. The van der Waals surface area contributed by atoms with Gasteiger partial charge in [-0.25, -0.2) is 9.97 Å². The Kier molecular flexibility index (Phi) is 4.10. The number of hydrogen-bond acceptors (Lipinski definition) is 6. The molecule has 0 aliphatic heterocycles. The van der Waals surface area contributed by atoms with Crippen molar-refractivity contribution in [3.05, 3.63) is 42.4 Å². The molecule has 128 valence electrons. The normalized spacial score (nSPS) is 11.5. The van der Waals surface area contributed by atoms with Crippen LogP contribution in [0.25, 0.3) is 22.0 Å². The fraction of sp³-hybridized carbons (Fsp3) is 0.222. The highest BCUT2D eigenvalue weighted by molar-refractivity contribution is 5.99. The molecule has 0 atom stereocenters. The second-order valence-corrected chi connectivity index (χ2v) is 6.39. The second-order valence-electron chi connectivity index (χ2n) is 6.39. The fourth-order valence-corrected chi connectivity index (χ4v) is 2.38. The average molecular weight is 337 g/mol. The molecule has 0 spiro atoms. The summed E-state index contributed by atoms with van der Waals surface area (Å²) in [7, 11) is 0. The highest BCUT2D eigenvalue weighted by Gasteiger charge is 2.24. The van der Waals surface area contributed by atoms with Crippen LogP contribution in [0.3, 0.4) is 0 Å². The third-order valence-electron chi connectivity index (χ3n) is 3.86. The van der Waals surface area contributed by atoms with Crippen molar-refractivity contribution < 1.29 is 9.90 Å². The van der Waals surface area contributed by atoms with Crippen LogP contribution in [0.5, 0.6) is 0 Å². The van der Waals surface area contributed by atoms with E-state index in [9.17, 15) is 9.90 Å². The number of aryl methyl sites for hydroxylation is 1. The van der Waals surface area contributed by atoms with E-state index in [-0.39, 0.29) is 0 Å². The van der Waals surface area contributed by atoms with Crippen LogP contribution in [0.1, 0.15) is 19.4 Å². The van der Waals surface area contributed by atoms with Crippen LogP contribution in [-0.2, 0) is 4.79 Å². The first-order valence-corrected chi connectivity index (χ1v) is 7.77. The number of rotatable bonds is 3. The topological polar surface area (TPSA) is 114 Å². The molecular weight excluding hydrogens is 318 g/mol. The number of aliphatic hydroxyl groups is 1. The number of aromatic nitrogens is 3. The quantitative estimate of drug-likeness (QED) is 0.675. The van der Waals surface area contributed by atoms with Crippen molar-refractivity contribution in [3.63, 3.8) is 0 Å². The summed E-state index contributed by atoms with van der Waals surface area (Å²) in [6.45, 7) is 4.80. The van der Waals surface area contributed by atoms with E-state index in [1.165, 1.54) is 13.8 Å². The van der Waals surface area contributed by atoms with Crippen molar-refractivity contribution in [2.45, 2.75) is 26.4 Å². The Bertz CT molecular complexity index is 963. The van der Waals surface area contributed by atoms with Gasteiger partial charge in [-0.1, -0.05) is 0 Å². The minimum absolute atomic E-state index is 0.332. The predicted molar refractivity (Wildman–Crippen MR) is 96.8 cm³/mol. The van der Waals surface area contributed by atoms with Gasteiger partial charge in [0.15, 0.2) is 0 Å². The van der Waals surface area contributed by atoms with Gasteiger partial charge in [-0.2, -0.15) is 0 Å². The summed E-state index contributed by atoms with van der Waals surface area (Å²) in [5, 5.41) is 13.8. The maximum Gasteiger partial charge on any atom is 0.256 e. The molecule has 0 aliphatic rings. The van der Waals surface area contributed by atoms with Gasteiger partial charge >= 0.3 is 0 Å². The number of nitrogen functional groups attached to an aromatic ring is 1. The Balaban J connectivity index is 2.07. The molecule has 0 radical (unpaired) electrons. The molecule has 3 heterocycles. The number of hydrogen-bond donors (Lipinski definition) is 3. The van der Waals surface area contributed by atoms with E-state index in [2.05, 4.69) is 20.3 Å². The van der Waals surface area contributed by atoms with Crippen LogP contribution in [0.15, 0.2) is 36.8 Å². The Morgan fingerprint density at radius 3 is 2.72 bits per heavy atom. The van der Waals surface area contributed by atoms with Crippen LogP contribution in [0, 0.1) is 6.92 Å². The van der Waals surface area contributed by atoms with Crippen molar-refractivity contribution >= 4 is 28.3 Å². The number of pyridine rings is 3. The highest BCUT2D eigenvalue weighted by Crippen LogP contribution is 2.28. The number of carbonyl (C=O) groups is 1. The molecule has 0 saturated carbocycles. The molecule has 1 amide bonds. The summed E-state index contributed by atoms with van der Waals surface area (Å²) in [5.41, 5.74) is 7.19. The lowest BCUT2D eigenvalue weighted by Crippen LogP contribution is -2.36. The third-order valence-corrected chi connectivity index (χ3v) is 3.86. The van der Waals surface area contributed by atoms with Crippen molar-refractivity contribution in [3.8, 4) is 11.3 Å². The van der Waals surface area contributed by atoms with Crippen LogP contribution >= 0.6 is 0 Å². The lowest BCUT2D eigenvalue weighted by Gasteiger charge is -2.16. The van der Waals surface area contributed by atoms with E-state index in [0.29, 0.717) is 22.7 Å². The molecule has 0 saturated heterocycles. The van der Waals surface area contributed by atoms with E-state index >= 15 is 0 Å². The molecule has 3 rings (SSSR count). The Hall–Kier alpha value is -3.06. The van der Waals surface area contributed by atoms with E-state index in [1.807, 2.05) is 19.1 Å². The summed E-state index contributed by atoms with van der Waals surface area (Å²) in [5.74, 6) is 0.146. The van der Waals surface area contributed by atoms with Crippen molar-refractivity contribution in [1.82, 2.24) is 15.0 Å². The highest BCUT2D eigenvalue weighted by atomic mass is 16.3. The minimum atomic E-state index is -1.49. The summed E-state index contributed by atoms with van der Waals surface area (Å²) in [6, 6.07) is 5.47. The molecule has 0 bridgehead atoms. The summed E-state index contributed by atoms with van der Waals surface area (Å²) in [6.07, 6.45) is 5.01. The van der Waals surface area contributed by atoms with Crippen LogP contribution in [0.2, 0.25) is 0 Å². The van der Waals surface area contributed by atoms with Gasteiger partial charge in [0, 0.05) is 29.5 Å². The summed E-state index contributed by atoms with van der Waals surface area (Å²) >= 11 is 0. The Labute approximate surface area is 144 Å². The largest absolute Gasteiger partial charge is 0.383 e. The summed E-state index contributed by atoms with van der Waals surface area (Å²) in [4.78, 5) is 24.7. The summed E-state index contributed by atoms with van der Waals surface area (Å²) < 4.78 is 0. The fourth-order valence-electron chi connectivity index (χ4n) is 2.38. The van der Waals surface area contributed by atoms with Crippen LogP contribution < -0.4 is 11.1 Å². The van der Waals surface area contributed by atoms with Crippen molar-refractivity contribution in [2.24, 2.45) is 0 Å². The molecule has 3 aromatic rings. The standard InChI is InChI=1S/C18H19N5O2/c1-10-4-5-20-8-12(10)14-6-11-7-15(23-17(24)18(2,3)25)21-9-13(11)16(19)22-14/h4-9,25H,1-3H3,(H2,19,22)(H,21,23,24). The van der Waals surface area contributed by atoms with E-state index in [0.717, 1.165) is 16.5 Å². The molecule has 3 aromatic heterocycles. The first-order valence-electron chi connectivity index (χ1n) is 7.77. The monoisotopic (exact) mass is 337 g/mol. The van der Waals surface area contributed by atoms with Gasteiger partial charge in [-0.15, -0.1) is 0 Å². The molecule has 0 aliphatic carbocycles. The maximum atomic E-state index is 11.9. The number of nitrogens with one attached hydrogen (secondary N) is 1. The first kappa shape index (κ1) is 16.8. The molecule has 7 nitrogen and oxygen atoms in total. The predicted octanol–water partition coefficient (Wildman–Crippen LogP) is 2.29. The maximum absolute atomic E-state index is 11.9. The Morgan fingerprint density at radius 1 is 1.28 bits per heavy atom. The smallest absolute Gasteiger partial charge is 0.256 e. The van der Waals surface area contributed by atoms with Crippen molar-refractivity contribution in [1.29, 1.82) is 0 Å². The van der Waals surface area contributed by atoms with Crippen LogP contribution in [-0.4, -0.2) is 31.6 Å². The molecule has 0 fully saturated rings. The number of amides is 1. The number of carbonyl (C=O) groups excluding carboxylic acids is 1. The van der Waals surface area contributed by atoms with Gasteiger partial charge in [0.25, 0.3) is 5.91 Å². The lowest BCUT2D eigenvalue weighted by molar-refractivity contribution is -0.130. The number of fused-ring (bicyclic) bond motifs is 1. The van der Waals surface area contributed by atoms with Gasteiger partial charge in [0.2, 0.25) is 0 Å². The average Bonchev–Trinajstić information content (AvgIpc) is 2.54. The van der Waals surface area contributed by atoms with E-state index < -0.39 is 11.5 Å². The first-order chi connectivity index (χ1) is 11.8. The zero-order valence-electron chi connectivity index (χ0n) is 14.2. The van der Waals surface area contributed by atoms with Gasteiger partial charge in [-0.3, -0.25) is 9.78 Å². The lowest BCUT2D eigenvalue weighted by atomic mass is 10.1. The van der Waals surface area contributed by atoms with Gasteiger partial charge in [0.05, 0.1) is 5.69 Å². The van der Waals surface area contributed by atoms with Gasteiger partial charge < -0.3 is 16.2 Å². The van der Waals surface area contributed by atoms with Gasteiger partial charge in [0.1, 0.15) is 17.2 Å². The zero-order chi connectivity index (χ0) is 18.2. The SMILES string of the molecule is Cc1ccncc1-c1cc2cc(NC(=O)C(C)(C)O)ncc2c(N)n1. The second kappa shape index (κ2) is 6.10.